The van der Waals surface area contributed by atoms with Crippen LogP contribution in [0, 0.1) is 70.7 Å². The van der Waals surface area contributed by atoms with Crippen LogP contribution < -0.4 is 0 Å². The number of carbonyl (C=O) groups excluding carboxylic acids is 6. The molecule has 0 aliphatic carbocycles. The van der Waals surface area contributed by atoms with Gasteiger partial charge in [0.15, 0.2) is 0 Å². The average molecular weight is 715 g/mol. The molecule has 0 radical (unpaired) electrons. The molecule has 0 bridgehead atoms. The molecule has 0 spiro atoms. The quantitative estimate of drug-likeness (QED) is 0.260. The molecule has 0 fully saturated rings. The van der Waals surface area contributed by atoms with Crippen molar-refractivity contribution in [2.24, 2.45) is 32.5 Å². The molecule has 0 atom stereocenters. The second kappa shape index (κ2) is 16.8. The van der Waals surface area contributed by atoms with Gasteiger partial charge >= 0.3 is 0 Å². The number of ketones is 6. The van der Waals surface area contributed by atoms with E-state index in [1.165, 1.54) is 0 Å². The van der Waals surface area contributed by atoms with E-state index in [0.717, 1.165) is 0 Å². The number of hydrogen-bond acceptors (Lipinski definition) is 6. The number of hydrogen-bond donors (Lipinski definition) is 0. The minimum atomic E-state index is -0.402. The second-order valence-corrected chi connectivity index (χ2v) is 16.6. The van der Waals surface area contributed by atoms with Gasteiger partial charge in [-0.2, -0.15) is 0 Å². The van der Waals surface area contributed by atoms with E-state index in [0.29, 0.717) is 0 Å². The first-order valence-electron chi connectivity index (χ1n) is 13.8. The average Bonchev–Trinajstić information content (AvgIpc) is 2.64. The fourth-order valence-corrected chi connectivity index (χ4v) is 2.03. The predicted molar refractivity (Wildman–Crippen MR) is 161 cm³/mol. The predicted octanol–water partition coefficient (Wildman–Crippen LogP) is 7.82. The van der Waals surface area contributed by atoms with E-state index in [1.807, 2.05) is 125 Å². The molecule has 6 nitrogen and oxygen atoms in total. The van der Waals surface area contributed by atoms with Crippen LogP contribution in [0.3, 0.4) is 0 Å². The molecule has 0 amide bonds. The van der Waals surface area contributed by atoms with E-state index in [-0.39, 0.29) is 92.1 Å². The fourth-order valence-electron chi connectivity index (χ4n) is 2.03. The van der Waals surface area contributed by atoms with Crippen LogP contribution in [-0.2, 0) is 28.8 Å². The molecule has 0 aromatic carbocycles. The summed E-state index contributed by atoms with van der Waals surface area (Å²) in [5.74, 6) is 0.125. The Labute approximate surface area is 276 Å². The molecule has 0 rings (SSSR count). The molecule has 0 heterocycles. The summed E-state index contributed by atoms with van der Waals surface area (Å²) in [6.07, 6.45) is 0.187. The Bertz CT molecular complexity index is 693. The number of Topliss-reactive ketones (excluding diaryl/α,β-unsaturated/α-hetero) is 6. The maximum Gasteiger partial charge on any atom is 0.145 e. The van der Waals surface area contributed by atoms with E-state index in [2.05, 4.69) is 0 Å². The van der Waals surface area contributed by atoms with Crippen LogP contribution in [0.25, 0.3) is 0 Å². The topological polar surface area (TPSA) is 102 Å². The fraction of sp³-hybridized carbons (Fsp3) is 0.818. The molecule has 40 heavy (non-hydrogen) atoms. The summed E-state index contributed by atoms with van der Waals surface area (Å²) in [7, 11) is 0. The SMILES string of the molecule is CC(C)(C)C(=O)CC(=O)C(C)(C)C.CC(C)(C)C(=O)CC(=O)C(C)(C)C.CC(C)(C)C(=O)CC(=O)C(C)(C)C.[Dy]. The first-order valence-corrected chi connectivity index (χ1v) is 13.8. The molecular weight excluding hydrogens is 655 g/mol. The Hall–Kier alpha value is -0.707. The standard InChI is InChI=1S/3C11H20O2.Dy/c3*1-10(2,3)8(12)7-9(13)11(4,5)6;/h3*7H2,1-6H3;. The van der Waals surface area contributed by atoms with Gasteiger partial charge in [0.05, 0.1) is 19.3 Å². The van der Waals surface area contributed by atoms with E-state index < -0.39 is 32.5 Å². The van der Waals surface area contributed by atoms with Crippen molar-refractivity contribution in [1.29, 1.82) is 0 Å². The van der Waals surface area contributed by atoms with Crippen LogP contribution in [-0.4, -0.2) is 34.7 Å². The number of carbonyl (C=O) groups is 6. The summed E-state index contributed by atoms with van der Waals surface area (Å²) in [5.41, 5.74) is -2.41. The Balaban J connectivity index is -0.000000240. The van der Waals surface area contributed by atoms with E-state index >= 15 is 0 Å². The minimum Gasteiger partial charge on any atom is -0.299 e. The van der Waals surface area contributed by atoms with Gasteiger partial charge in [-0.3, -0.25) is 28.8 Å². The van der Waals surface area contributed by atoms with Crippen molar-refractivity contribution in [1.82, 2.24) is 0 Å². The van der Waals surface area contributed by atoms with Crippen LogP contribution >= 0.6 is 0 Å². The second-order valence-electron chi connectivity index (χ2n) is 16.6. The third-order valence-corrected chi connectivity index (χ3v) is 5.98. The molecule has 0 saturated heterocycles. The van der Waals surface area contributed by atoms with Gasteiger partial charge < -0.3 is 0 Å². The van der Waals surface area contributed by atoms with E-state index in [9.17, 15) is 28.8 Å². The molecule has 238 valence electrons. The Morgan fingerprint density at radius 3 is 0.400 bits per heavy atom. The van der Waals surface area contributed by atoms with Gasteiger partial charge in [-0.05, 0) is 0 Å². The van der Waals surface area contributed by atoms with Gasteiger partial charge in [-0.1, -0.05) is 125 Å². The summed E-state index contributed by atoms with van der Waals surface area (Å²) in [6.45, 7) is 33.1. The van der Waals surface area contributed by atoms with Gasteiger partial charge in [0.2, 0.25) is 0 Å². The van der Waals surface area contributed by atoms with Crippen LogP contribution in [0.2, 0.25) is 0 Å². The summed E-state index contributed by atoms with van der Waals surface area (Å²) in [4.78, 5) is 69.0. The van der Waals surface area contributed by atoms with Crippen LogP contribution in [0.1, 0.15) is 144 Å². The largest absolute Gasteiger partial charge is 0.299 e. The van der Waals surface area contributed by atoms with Gasteiger partial charge in [-0.15, -0.1) is 0 Å². The molecule has 0 aliphatic heterocycles. The van der Waals surface area contributed by atoms with Crippen molar-refractivity contribution in [3.05, 3.63) is 0 Å². The van der Waals surface area contributed by atoms with Crippen molar-refractivity contribution >= 4 is 34.7 Å². The zero-order valence-corrected chi connectivity index (χ0v) is 30.9. The third-order valence-electron chi connectivity index (χ3n) is 5.98. The summed E-state index contributed by atoms with van der Waals surface area (Å²) >= 11 is 0. The van der Waals surface area contributed by atoms with Crippen LogP contribution in [0.15, 0.2) is 0 Å². The first-order chi connectivity index (χ1) is 16.6. The molecule has 0 unspecified atom stereocenters. The Kier molecular flexibility index (Phi) is 19.4. The van der Waals surface area contributed by atoms with Crippen LogP contribution in [0.5, 0.6) is 0 Å². The number of rotatable bonds is 6. The zero-order valence-electron chi connectivity index (χ0n) is 28.9. The van der Waals surface area contributed by atoms with Gasteiger partial charge in [0.25, 0.3) is 0 Å². The van der Waals surface area contributed by atoms with Gasteiger partial charge in [0.1, 0.15) is 34.7 Å². The van der Waals surface area contributed by atoms with E-state index in [1.54, 1.807) is 0 Å². The normalized spacial score (nSPS) is 12.4. The van der Waals surface area contributed by atoms with E-state index in [4.69, 9.17) is 0 Å². The molecule has 0 N–H and O–H groups in total. The maximum atomic E-state index is 11.5. The maximum absolute atomic E-state index is 11.5. The summed E-state index contributed by atoms with van der Waals surface area (Å²) in [6, 6.07) is 0. The molecule has 0 aromatic heterocycles. The van der Waals surface area contributed by atoms with Crippen molar-refractivity contribution < 1.29 is 66.9 Å². The van der Waals surface area contributed by atoms with Gasteiger partial charge in [-0.25, -0.2) is 0 Å². The minimum absolute atomic E-state index is 0. The van der Waals surface area contributed by atoms with Gasteiger partial charge in [0, 0.05) is 70.7 Å². The van der Waals surface area contributed by atoms with Crippen molar-refractivity contribution in [2.75, 3.05) is 0 Å². The zero-order chi connectivity index (χ0) is 32.6. The molecule has 0 saturated carbocycles. The first kappa shape index (κ1) is 46.3. The van der Waals surface area contributed by atoms with Crippen LogP contribution in [0.4, 0.5) is 0 Å². The van der Waals surface area contributed by atoms with Crippen molar-refractivity contribution in [2.45, 2.75) is 144 Å². The smallest absolute Gasteiger partial charge is 0.145 e. The van der Waals surface area contributed by atoms with Crippen molar-refractivity contribution in [3.8, 4) is 0 Å². The molecular formula is C33H60DyO6. The Morgan fingerprint density at radius 1 is 0.275 bits per heavy atom. The Morgan fingerprint density at radius 2 is 0.350 bits per heavy atom. The summed E-state index contributed by atoms with van der Waals surface area (Å²) in [5, 5.41) is 0. The summed E-state index contributed by atoms with van der Waals surface area (Å²) < 4.78 is 0. The monoisotopic (exact) mass is 716 g/mol. The van der Waals surface area contributed by atoms with Crippen molar-refractivity contribution in [3.63, 3.8) is 0 Å². The third kappa shape index (κ3) is 22.0. The molecule has 0 aliphatic rings. The molecule has 7 heteroatoms. The molecule has 0 aromatic rings.